The fraction of sp³-hybridized carbons (Fsp3) is 0.909. The van der Waals surface area contributed by atoms with Crippen LogP contribution in [-0.2, 0) is 4.79 Å². The van der Waals surface area contributed by atoms with Gasteiger partial charge in [-0.15, -0.1) is 0 Å². The summed E-state index contributed by atoms with van der Waals surface area (Å²) >= 11 is 0. The van der Waals surface area contributed by atoms with Gasteiger partial charge >= 0.3 is 0 Å². The summed E-state index contributed by atoms with van der Waals surface area (Å²) in [5.74, 6) is 0.152. The maximum atomic E-state index is 12.0. The summed E-state index contributed by atoms with van der Waals surface area (Å²) in [6.07, 6.45) is 0. The number of hydrogen-bond acceptors (Lipinski definition) is 3. The van der Waals surface area contributed by atoms with Crippen molar-refractivity contribution >= 4 is 5.91 Å². The third-order valence-corrected chi connectivity index (χ3v) is 3.31. The van der Waals surface area contributed by atoms with Crippen molar-refractivity contribution in [2.45, 2.75) is 26.8 Å². The lowest BCUT2D eigenvalue weighted by Crippen LogP contribution is -2.51. The van der Waals surface area contributed by atoms with Gasteiger partial charge in [0.05, 0.1) is 5.92 Å². The van der Waals surface area contributed by atoms with Crippen molar-refractivity contribution in [2.75, 3.05) is 32.7 Å². The van der Waals surface area contributed by atoms with Gasteiger partial charge in [-0.2, -0.15) is 0 Å². The molecule has 1 aliphatic heterocycles. The van der Waals surface area contributed by atoms with E-state index in [4.69, 9.17) is 5.73 Å². The Labute approximate surface area is 92.4 Å². The van der Waals surface area contributed by atoms with Crippen LogP contribution in [0.5, 0.6) is 0 Å². The van der Waals surface area contributed by atoms with Crippen molar-refractivity contribution in [3.8, 4) is 0 Å². The van der Waals surface area contributed by atoms with E-state index in [1.165, 1.54) is 0 Å². The van der Waals surface area contributed by atoms with Crippen LogP contribution in [0.3, 0.4) is 0 Å². The van der Waals surface area contributed by atoms with Gasteiger partial charge in [0.2, 0.25) is 5.91 Å². The molecule has 88 valence electrons. The second kappa shape index (κ2) is 5.47. The first kappa shape index (κ1) is 12.5. The van der Waals surface area contributed by atoms with Gasteiger partial charge in [0, 0.05) is 32.2 Å². The first-order valence-electron chi connectivity index (χ1n) is 5.83. The van der Waals surface area contributed by atoms with Crippen molar-refractivity contribution in [1.82, 2.24) is 9.80 Å². The summed E-state index contributed by atoms with van der Waals surface area (Å²) in [4.78, 5) is 16.3. The highest BCUT2D eigenvalue weighted by Crippen LogP contribution is 2.09. The van der Waals surface area contributed by atoms with Gasteiger partial charge in [0.25, 0.3) is 0 Å². The highest BCUT2D eigenvalue weighted by atomic mass is 16.2. The quantitative estimate of drug-likeness (QED) is 0.725. The molecule has 1 heterocycles. The average Bonchev–Trinajstić information content (AvgIpc) is 2.27. The minimum Gasteiger partial charge on any atom is -0.340 e. The van der Waals surface area contributed by atoms with Crippen molar-refractivity contribution in [3.63, 3.8) is 0 Å². The smallest absolute Gasteiger partial charge is 0.227 e. The normalized spacial score (nSPS) is 22.5. The van der Waals surface area contributed by atoms with Gasteiger partial charge in [-0.25, -0.2) is 0 Å². The van der Waals surface area contributed by atoms with Crippen molar-refractivity contribution in [2.24, 2.45) is 11.7 Å². The lowest BCUT2D eigenvalue weighted by Gasteiger charge is -2.35. The molecular weight excluding hydrogens is 190 g/mol. The van der Waals surface area contributed by atoms with Crippen LogP contribution >= 0.6 is 0 Å². The summed E-state index contributed by atoms with van der Waals surface area (Å²) in [5.41, 5.74) is 5.74. The Morgan fingerprint density at radius 2 is 1.80 bits per heavy atom. The third kappa shape index (κ3) is 3.18. The number of rotatable bonds is 3. The molecule has 4 nitrogen and oxygen atoms in total. The molecule has 1 fully saturated rings. The van der Waals surface area contributed by atoms with E-state index in [1.807, 2.05) is 18.7 Å². The standard InChI is InChI=1S/C11H23N3O/c1-4-13-5-7-14(8-6-13)11(15)9(2)10(3)12/h9-10H,4-8,12H2,1-3H3. The van der Waals surface area contributed by atoms with E-state index in [0.717, 1.165) is 32.7 Å². The van der Waals surface area contributed by atoms with Gasteiger partial charge < -0.3 is 15.5 Å². The van der Waals surface area contributed by atoms with Crippen LogP contribution in [0.2, 0.25) is 0 Å². The Bertz CT molecular complexity index is 210. The zero-order chi connectivity index (χ0) is 11.4. The second-order valence-electron chi connectivity index (χ2n) is 4.41. The zero-order valence-corrected chi connectivity index (χ0v) is 10.1. The van der Waals surface area contributed by atoms with Crippen molar-refractivity contribution in [3.05, 3.63) is 0 Å². The molecular formula is C11H23N3O. The Hall–Kier alpha value is -0.610. The lowest BCUT2D eigenvalue weighted by molar-refractivity contribution is -0.137. The third-order valence-electron chi connectivity index (χ3n) is 3.31. The topological polar surface area (TPSA) is 49.6 Å². The van der Waals surface area contributed by atoms with Crippen LogP contribution in [-0.4, -0.2) is 54.5 Å². The fourth-order valence-corrected chi connectivity index (χ4v) is 1.80. The number of nitrogens with zero attached hydrogens (tertiary/aromatic N) is 2. The monoisotopic (exact) mass is 213 g/mol. The molecule has 0 radical (unpaired) electrons. The summed E-state index contributed by atoms with van der Waals surface area (Å²) < 4.78 is 0. The van der Waals surface area contributed by atoms with E-state index in [2.05, 4.69) is 11.8 Å². The zero-order valence-electron chi connectivity index (χ0n) is 10.1. The highest BCUT2D eigenvalue weighted by Gasteiger charge is 2.25. The van der Waals surface area contributed by atoms with E-state index in [1.54, 1.807) is 0 Å². The first-order valence-corrected chi connectivity index (χ1v) is 5.83. The van der Waals surface area contributed by atoms with E-state index in [0.29, 0.717) is 0 Å². The van der Waals surface area contributed by atoms with Gasteiger partial charge in [-0.1, -0.05) is 13.8 Å². The van der Waals surface area contributed by atoms with Crippen LogP contribution < -0.4 is 5.73 Å². The molecule has 2 unspecified atom stereocenters. The fourth-order valence-electron chi connectivity index (χ4n) is 1.80. The Morgan fingerprint density at radius 3 is 2.20 bits per heavy atom. The number of likely N-dealkylation sites (N-methyl/N-ethyl adjacent to an activating group) is 1. The van der Waals surface area contributed by atoms with E-state index >= 15 is 0 Å². The Morgan fingerprint density at radius 1 is 1.27 bits per heavy atom. The molecule has 0 spiro atoms. The molecule has 2 N–H and O–H groups in total. The number of nitrogens with two attached hydrogens (primary N) is 1. The molecule has 0 saturated carbocycles. The van der Waals surface area contributed by atoms with E-state index in [-0.39, 0.29) is 17.9 Å². The van der Waals surface area contributed by atoms with Gasteiger partial charge in [-0.3, -0.25) is 4.79 Å². The molecule has 4 heteroatoms. The molecule has 1 amide bonds. The highest BCUT2D eigenvalue weighted by molar-refractivity contribution is 5.79. The maximum absolute atomic E-state index is 12.0. The van der Waals surface area contributed by atoms with Gasteiger partial charge in [-0.05, 0) is 13.5 Å². The molecule has 2 atom stereocenters. The molecule has 1 rings (SSSR count). The molecule has 0 bridgehead atoms. The average molecular weight is 213 g/mol. The van der Waals surface area contributed by atoms with Gasteiger partial charge in [0.1, 0.15) is 0 Å². The summed E-state index contributed by atoms with van der Waals surface area (Å²) in [6, 6.07) is -0.0540. The number of amides is 1. The van der Waals surface area contributed by atoms with Crippen LogP contribution in [0.1, 0.15) is 20.8 Å². The van der Waals surface area contributed by atoms with Gasteiger partial charge in [0.15, 0.2) is 0 Å². The molecule has 0 aromatic rings. The summed E-state index contributed by atoms with van der Waals surface area (Å²) in [7, 11) is 0. The van der Waals surface area contributed by atoms with E-state index in [9.17, 15) is 4.79 Å². The molecule has 1 saturated heterocycles. The SMILES string of the molecule is CCN1CCN(C(=O)C(C)C(C)N)CC1. The summed E-state index contributed by atoms with van der Waals surface area (Å²) in [6.45, 7) is 10.7. The number of piperazine rings is 1. The first-order chi connectivity index (χ1) is 7.06. The number of carbonyl (C=O) groups excluding carboxylic acids is 1. The predicted molar refractivity (Wildman–Crippen MR) is 61.5 cm³/mol. The molecule has 1 aliphatic rings. The maximum Gasteiger partial charge on any atom is 0.227 e. The van der Waals surface area contributed by atoms with Crippen LogP contribution in [0.15, 0.2) is 0 Å². The number of carbonyl (C=O) groups is 1. The second-order valence-corrected chi connectivity index (χ2v) is 4.41. The number of hydrogen-bond donors (Lipinski definition) is 1. The molecule has 0 aromatic heterocycles. The predicted octanol–water partition coefficient (Wildman–Crippen LogP) is 0.134. The molecule has 15 heavy (non-hydrogen) atoms. The van der Waals surface area contributed by atoms with Crippen molar-refractivity contribution in [1.29, 1.82) is 0 Å². The van der Waals surface area contributed by atoms with Crippen molar-refractivity contribution < 1.29 is 4.79 Å². The van der Waals surface area contributed by atoms with Crippen LogP contribution in [0.25, 0.3) is 0 Å². The minimum absolute atomic E-state index is 0.0540. The molecule has 0 aliphatic carbocycles. The minimum atomic E-state index is -0.0572. The largest absolute Gasteiger partial charge is 0.340 e. The van der Waals surface area contributed by atoms with Crippen LogP contribution in [0.4, 0.5) is 0 Å². The van der Waals surface area contributed by atoms with E-state index < -0.39 is 0 Å². The Balaban J connectivity index is 2.42. The molecule has 0 aromatic carbocycles. The Kier molecular flexibility index (Phi) is 4.54. The summed E-state index contributed by atoms with van der Waals surface area (Å²) in [5, 5.41) is 0. The lowest BCUT2D eigenvalue weighted by atomic mass is 10.0. The van der Waals surface area contributed by atoms with Crippen LogP contribution in [0, 0.1) is 5.92 Å².